The van der Waals surface area contributed by atoms with E-state index in [4.69, 9.17) is 11.5 Å². The normalized spacial score (nSPS) is 15.8. The number of nitrogens with one attached hydrogen (secondary N) is 3. The fourth-order valence-corrected chi connectivity index (χ4v) is 3.23. The zero-order valence-electron chi connectivity index (χ0n) is 19.0. The second-order valence-corrected chi connectivity index (χ2v) is 8.66. The minimum Gasteiger partial charge on any atom is -0.480 e. The maximum atomic E-state index is 12.8. The van der Waals surface area contributed by atoms with E-state index in [1.165, 1.54) is 18.7 Å². The molecule has 0 radical (unpaired) electrons. The molecular formula is C20H39N5O5S. The first-order valence-electron chi connectivity index (χ1n) is 10.7. The minimum absolute atomic E-state index is 0.191. The maximum absolute atomic E-state index is 12.8. The first-order chi connectivity index (χ1) is 14.6. The highest BCUT2D eigenvalue weighted by Gasteiger charge is 2.30. The number of carbonyl (C=O) groups excluding carboxylic acids is 3. The fourth-order valence-electron chi connectivity index (χ4n) is 2.76. The first kappa shape index (κ1) is 29.1. The number of hydrogen-bond acceptors (Lipinski definition) is 7. The Morgan fingerprint density at radius 2 is 1.61 bits per heavy atom. The molecule has 0 aromatic carbocycles. The largest absolute Gasteiger partial charge is 0.480 e. The van der Waals surface area contributed by atoms with Gasteiger partial charge in [-0.3, -0.25) is 14.4 Å². The molecule has 31 heavy (non-hydrogen) atoms. The summed E-state index contributed by atoms with van der Waals surface area (Å²) in [5.41, 5.74) is 11.4. The lowest BCUT2D eigenvalue weighted by atomic mass is 9.97. The quantitative estimate of drug-likeness (QED) is 0.171. The molecule has 5 atom stereocenters. The summed E-state index contributed by atoms with van der Waals surface area (Å²) >= 11 is 1.48. The Morgan fingerprint density at radius 1 is 0.968 bits per heavy atom. The number of thioether (sulfide) groups is 1. The molecule has 0 spiro atoms. The van der Waals surface area contributed by atoms with Gasteiger partial charge in [0.05, 0.1) is 6.04 Å². The highest BCUT2D eigenvalue weighted by atomic mass is 32.2. The van der Waals surface area contributed by atoms with Gasteiger partial charge in [0.15, 0.2) is 0 Å². The number of aliphatic carboxylic acids is 1. The molecule has 0 fully saturated rings. The zero-order chi connectivity index (χ0) is 24.0. The third-order valence-corrected chi connectivity index (χ3v) is 5.72. The smallest absolute Gasteiger partial charge is 0.326 e. The SMILES string of the molecule is CCC(C)C(NC(=O)C(N)CCCCN)C(=O)NC(C)C(=O)NC(CCSC)C(=O)O. The van der Waals surface area contributed by atoms with Crippen molar-refractivity contribution in [2.24, 2.45) is 17.4 Å². The number of hydrogen-bond donors (Lipinski definition) is 6. The number of rotatable bonds is 16. The summed E-state index contributed by atoms with van der Waals surface area (Å²) in [6.07, 6.45) is 4.68. The highest BCUT2D eigenvalue weighted by molar-refractivity contribution is 7.98. The first-order valence-corrected chi connectivity index (χ1v) is 12.1. The van der Waals surface area contributed by atoms with E-state index in [1.54, 1.807) is 0 Å². The van der Waals surface area contributed by atoms with Crippen LogP contribution in [0, 0.1) is 5.92 Å². The van der Waals surface area contributed by atoms with Crippen molar-refractivity contribution in [3.8, 4) is 0 Å². The Labute approximate surface area is 189 Å². The van der Waals surface area contributed by atoms with Gasteiger partial charge in [-0.25, -0.2) is 4.79 Å². The fraction of sp³-hybridized carbons (Fsp3) is 0.800. The van der Waals surface area contributed by atoms with Gasteiger partial charge in [-0.15, -0.1) is 0 Å². The Morgan fingerprint density at radius 3 is 2.13 bits per heavy atom. The third-order valence-electron chi connectivity index (χ3n) is 5.08. The molecule has 0 heterocycles. The lowest BCUT2D eigenvalue weighted by Gasteiger charge is -2.27. The molecule has 0 aromatic rings. The number of unbranched alkanes of at least 4 members (excludes halogenated alkanes) is 1. The van der Waals surface area contributed by atoms with Gasteiger partial charge in [0.25, 0.3) is 0 Å². The van der Waals surface area contributed by atoms with Crippen molar-refractivity contribution in [1.29, 1.82) is 0 Å². The summed E-state index contributed by atoms with van der Waals surface area (Å²) < 4.78 is 0. The molecule has 180 valence electrons. The van der Waals surface area contributed by atoms with E-state index in [2.05, 4.69) is 16.0 Å². The predicted molar refractivity (Wildman–Crippen MR) is 122 cm³/mol. The van der Waals surface area contributed by atoms with E-state index >= 15 is 0 Å². The topological polar surface area (TPSA) is 177 Å². The van der Waals surface area contributed by atoms with Crippen LogP contribution in [0.1, 0.15) is 52.9 Å². The highest BCUT2D eigenvalue weighted by Crippen LogP contribution is 2.10. The van der Waals surface area contributed by atoms with E-state index in [0.29, 0.717) is 31.6 Å². The minimum atomic E-state index is -1.13. The Hall–Kier alpha value is -1.85. The lowest BCUT2D eigenvalue weighted by molar-refractivity contribution is -0.142. The molecule has 0 saturated heterocycles. The van der Waals surface area contributed by atoms with E-state index in [1.807, 2.05) is 20.1 Å². The number of nitrogens with two attached hydrogens (primary N) is 2. The number of amides is 3. The molecule has 0 saturated carbocycles. The lowest BCUT2D eigenvalue weighted by Crippen LogP contribution is -2.58. The van der Waals surface area contributed by atoms with Crippen molar-refractivity contribution < 1.29 is 24.3 Å². The zero-order valence-corrected chi connectivity index (χ0v) is 19.8. The Bertz CT molecular complexity index is 592. The van der Waals surface area contributed by atoms with Crippen LogP contribution in [0.25, 0.3) is 0 Å². The van der Waals surface area contributed by atoms with Crippen molar-refractivity contribution in [2.45, 2.75) is 77.0 Å². The summed E-state index contributed by atoms with van der Waals surface area (Å²) in [4.78, 5) is 48.9. The summed E-state index contributed by atoms with van der Waals surface area (Å²) in [6, 6.07) is -3.61. The molecule has 0 rings (SSSR count). The van der Waals surface area contributed by atoms with Gasteiger partial charge in [-0.1, -0.05) is 26.7 Å². The van der Waals surface area contributed by atoms with Crippen LogP contribution in [0.3, 0.4) is 0 Å². The molecule has 5 unspecified atom stereocenters. The van der Waals surface area contributed by atoms with Crippen molar-refractivity contribution in [1.82, 2.24) is 16.0 Å². The van der Waals surface area contributed by atoms with Crippen LogP contribution >= 0.6 is 11.8 Å². The molecule has 0 aliphatic rings. The number of carbonyl (C=O) groups is 4. The van der Waals surface area contributed by atoms with E-state index in [9.17, 15) is 24.3 Å². The molecule has 3 amide bonds. The second kappa shape index (κ2) is 15.9. The number of carboxylic acids is 1. The van der Waals surface area contributed by atoms with Gasteiger partial charge in [0.2, 0.25) is 17.7 Å². The number of carboxylic acid groups (broad SMARTS) is 1. The summed E-state index contributed by atoms with van der Waals surface area (Å²) in [5, 5.41) is 17.0. The van der Waals surface area contributed by atoms with Crippen LogP contribution in [0.2, 0.25) is 0 Å². The van der Waals surface area contributed by atoms with Crippen LogP contribution in [0.15, 0.2) is 0 Å². The Balaban J connectivity index is 5.00. The van der Waals surface area contributed by atoms with E-state index in [-0.39, 0.29) is 12.3 Å². The van der Waals surface area contributed by atoms with Gasteiger partial charge in [-0.05, 0) is 50.7 Å². The summed E-state index contributed by atoms with van der Waals surface area (Å²) in [6.45, 7) is 5.69. The molecule has 0 aromatic heterocycles. The van der Waals surface area contributed by atoms with Gasteiger partial charge < -0.3 is 32.5 Å². The second-order valence-electron chi connectivity index (χ2n) is 7.67. The molecule has 8 N–H and O–H groups in total. The van der Waals surface area contributed by atoms with Gasteiger partial charge >= 0.3 is 5.97 Å². The van der Waals surface area contributed by atoms with Crippen LogP contribution in [0.4, 0.5) is 0 Å². The Kier molecular flexibility index (Phi) is 14.9. The molecule has 0 bridgehead atoms. The molecule has 0 aliphatic heterocycles. The molecule has 11 heteroatoms. The summed E-state index contributed by atoms with van der Waals surface area (Å²) in [7, 11) is 0. The van der Waals surface area contributed by atoms with Gasteiger partial charge in [-0.2, -0.15) is 11.8 Å². The average molecular weight is 462 g/mol. The van der Waals surface area contributed by atoms with Crippen LogP contribution in [-0.4, -0.2) is 71.5 Å². The van der Waals surface area contributed by atoms with Crippen molar-refractivity contribution >= 4 is 35.5 Å². The van der Waals surface area contributed by atoms with Crippen LogP contribution in [0.5, 0.6) is 0 Å². The predicted octanol–water partition coefficient (Wildman–Crippen LogP) is -0.199. The standard InChI is InChI=1S/C20H39N5O5S/c1-5-12(2)16(25-18(27)14(22)8-6-7-10-21)19(28)23-13(3)17(26)24-15(20(29)30)9-11-31-4/h12-16H,5-11,21-22H2,1-4H3,(H,23,28)(H,24,26)(H,25,27)(H,29,30). The third kappa shape index (κ3) is 11.4. The maximum Gasteiger partial charge on any atom is 0.326 e. The molecule has 10 nitrogen and oxygen atoms in total. The van der Waals surface area contributed by atoms with Crippen molar-refractivity contribution in [2.75, 3.05) is 18.6 Å². The van der Waals surface area contributed by atoms with Crippen LogP contribution in [-0.2, 0) is 19.2 Å². The van der Waals surface area contributed by atoms with Gasteiger partial charge in [0, 0.05) is 0 Å². The van der Waals surface area contributed by atoms with Gasteiger partial charge in [0.1, 0.15) is 18.1 Å². The average Bonchev–Trinajstić information content (AvgIpc) is 2.73. The van der Waals surface area contributed by atoms with E-state index < -0.39 is 47.9 Å². The van der Waals surface area contributed by atoms with Crippen molar-refractivity contribution in [3.05, 3.63) is 0 Å². The van der Waals surface area contributed by atoms with E-state index in [0.717, 1.165) is 6.42 Å². The molecular weight excluding hydrogens is 422 g/mol. The summed E-state index contributed by atoms with van der Waals surface area (Å²) in [5.74, 6) is -2.30. The van der Waals surface area contributed by atoms with Crippen molar-refractivity contribution in [3.63, 3.8) is 0 Å². The monoisotopic (exact) mass is 461 g/mol. The molecule has 0 aliphatic carbocycles. The van der Waals surface area contributed by atoms with Crippen LogP contribution < -0.4 is 27.4 Å².